The van der Waals surface area contributed by atoms with Crippen molar-refractivity contribution in [3.05, 3.63) is 83.7 Å². The maximum atomic E-state index is 13.8. The first-order chi connectivity index (χ1) is 21.7. The molecule has 3 aromatic carbocycles. The number of aliphatic hydroxyl groups excluding tert-OH is 1. The van der Waals surface area contributed by atoms with Crippen molar-refractivity contribution < 1.29 is 29.3 Å². The Labute approximate surface area is 259 Å². The standard InChI is InChI=1S/C33H34N6O6/c1-20(40)30-34-27-14-8-13-26(31(41)44-33(2,45-32(42)43)23-9-4-3-5-10-23)28(27)39(30)19-21-15-17-22(18-16-21)24-11-6-7-12-25(24)29-35-37-38-36-29/h6-8,11-18,20,23,40H,3-5,9-10,19H2,1-2H3,(H,42,43)(H,35,36,37,38). The number of imidazole rings is 1. The van der Waals surface area contributed by atoms with E-state index in [1.807, 2.05) is 48.5 Å². The van der Waals surface area contributed by atoms with Gasteiger partial charge in [-0.05, 0) is 59.0 Å². The van der Waals surface area contributed by atoms with Crippen LogP contribution >= 0.6 is 0 Å². The molecule has 12 heteroatoms. The lowest BCUT2D eigenvalue weighted by Crippen LogP contribution is -2.44. The van der Waals surface area contributed by atoms with E-state index in [-0.39, 0.29) is 11.5 Å². The molecule has 1 aliphatic carbocycles. The van der Waals surface area contributed by atoms with Crippen LogP contribution in [0.5, 0.6) is 0 Å². The second-order valence-electron chi connectivity index (χ2n) is 11.5. The zero-order valence-corrected chi connectivity index (χ0v) is 25.0. The van der Waals surface area contributed by atoms with Gasteiger partial charge >= 0.3 is 12.1 Å². The number of rotatable bonds is 9. The smallest absolute Gasteiger partial charge is 0.450 e. The topological polar surface area (TPSA) is 165 Å². The first-order valence-corrected chi connectivity index (χ1v) is 15.0. The highest BCUT2D eigenvalue weighted by molar-refractivity contribution is 6.02. The van der Waals surface area contributed by atoms with E-state index >= 15 is 0 Å². The van der Waals surface area contributed by atoms with Gasteiger partial charge in [-0.2, -0.15) is 0 Å². The molecule has 0 aliphatic heterocycles. The Balaban J connectivity index is 1.34. The lowest BCUT2D eigenvalue weighted by Gasteiger charge is -2.37. The van der Waals surface area contributed by atoms with Crippen LogP contribution in [0.3, 0.4) is 0 Å². The van der Waals surface area contributed by atoms with Gasteiger partial charge in [-0.15, -0.1) is 5.10 Å². The number of hydrogen-bond acceptors (Lipinski definition) is 9. The number of para-hydroxylation sites is 1. The number of fused-ring (bicyclic) bond motifs is 1. The van der Waals surface area contributed by atoms with Crippen LogP contribution in [0.1, 0.15) is 73.8 Å². The van der Waals surface area contributed by atoms with E-state index in [0.717, 1.165) is 41.5 Å². The Morgan fingerprint density at radius 2 is 1.73 bits per heavy atom. The van der Waals surface area contributed by atoms with E-state index in [9.17, 15) is 19.8 Å². The number of nitrogens with one attached hydrogen (secondary N) is 1. The molecular weight excluding hydrogens is 576 g/mol. The van der Waals surface area contributed by atoms with Crippen molar-refractivity contribution in [2.75, 3.05) is 0 Å². The summed E-state index contributed by atoms with van der Waals surface area (Å²) in [6.07, 6.45) is 1.82. The number of aromatic nitrogens is 6. The maximum absolute atomic E-state index is 13.8. The lowest BCUT2D eigenvalue weighted by atomic mass is 9.83. The van der Waals surface area contributed by atoms with Gasteiger partial charge in [-0.25, -0.2) is 19.7 Å². The molecule has 6 rings (SSSR count). The molecule has 0 bridgehead atoms. The number of carboxylic acid groups (broad SMARTS) is 1. The summed E-state index contributed by atoms with van der Waals surface area (Å²) in [6, 6.07) is 20.8. The molecule has 0 radical (unpaired) electrons. The number of carbonyl (C=O) groups excluding carboxylic acids is 1. The van der Waals surface area contributed by atoms with Crippen molar-refractivity contribution in [2.45, 2.75) is 64.4 Å². The summed E-state index contributed by atoms with van der Waals surface area (Å²) in [5.41, 5.74) is 4.87. The number of tetrazole rings is 1. The van der Waals surface area contributed by atoms with Gasteiger partial charge in [-0.1, -0.05) is 73.9 Å². The molecule has 2 heterocycles. The Hall–Kier alpha value is -5.10. The molecular formula is C33H34N6O6. The summed E-state index contributed by atoms with van der Waals surface area (Å²) in [7, 11) is 0. The van der Waals surface area contributed by atoms with Gasteiger partial charge in [0.25, 0.3) is 5.79 Å². The van der Waals surface area contributed by atoms with E-state index in [2.05, 4.69) is 25.6 Å². The molecule has 1 fully saturated rings. The number of benzene rings is 3. The normalized spacial score (nSPS) is 15.8. The van der Waals surface area contributed by atoms with Gasteiger partial charge in [0.05, 0.1) is 16.6 Å². The highest BCUT2D eigenvalue weighted by Gasteiger charge is 2.43. The van der Waals surface area contributed by atoms with Crippen molar-refractivity contribution in [3.63, 3.8) is 0 Å². The van der Waals surface area contributed by atoms with E-state index < -0.39 is 24.0 Å². The molecule has 12 nitrogen and oxygen atoms in total. The number of nitrogens with zero attached hydrogens (tertiary/aromatic N) is 5. The molecule has 232 valence electrons. The van der Waals surface area contributed by atoms with Gasteiger partial charge in [0.15, 0.2) is 5.82 Å². The third-order valence-corrected chi connectivity index (χ3v) is 8.46. The average Bonchev–Trinajstić information content (AvgIpc) is 3.70. The SMILES string of the molecule is CC(O)c1nc2cccc(C(=O)OC(C)(OC(=O)O)C3CCCCC3)c2n1Cc1ccc(-c2ccccc2-c2nnn[nH]2)cc1. The van der Waals surface area contributed by atoms with E-state index in [1.54, 1.807) is 29.7 Å². The fourth-order valence-corrected chi connectivity index (χ4v) is 6.26. The third kappa shape index (κ3) is 6.14. The molecule has 0 amide bonds. The molecule has 1 saturated carbocycles. The van der Waals surface area contributed by atoms with Crippen LogP contribution < -0.4 is 0 Å². The van der Waals surface area contributed by atoms with Crippen LogP contribution in [0.25, 0.3) is 33.5 Å². The largest absolute Gasteiger partial charge is 0.509 e. The molecule has 2 atom stereocenters. The first-order valence-electron chi connectivity index (χ1n) is 15.0. The molecule has 0 spiro atoms. The summed E-state index contributed by atoms with van der Waals surface area (Å²) in [5, 5.41) is 34.4. The molecule has 3 N–H and O–H groups in total. The summed E-state index contributed by atoms with van der Waals surface area (Å²) >= 11 is 0. The summed E-state index contributed by atoms with van der Waals surface area (Å²) in [4.78, 5) is 30.1. The molecule has 1 aliphatic rings. The average molecular weight is 611 g/mol. The van der Waals surface area contributed by atoms with Gasteiger partial charge in [0.2, 0.25) is 0 Å². The number of aromatic amines is 1. The fraction of sp³-hybridized carbons (Fsp3) is 0.333. The van der Waals surface area contributed by atoms with E-state index in [0.29, 0.717) is 42.1 Å². The monoisotopic (exact) mass is 610 g/mol. The van der Waals surface area contributed by atoms with Crippen LogP contribution in [0.15, 0.2) is 66.7 Å². The predicted molar refractivity (Wildman–Crippen MR) is 164 cm³/mol. The minimum absolute atomic E-state index is 0.203. The van der Waals surface area contributed by atoms with Crippen LogP contribution in [0.2, 0.25) is 0 Å². The number of hydrogen-bond donors (Lipinski definition) is 3. The second-order valence-corrected chi connectivity index (χ2v) is 11.5. The fourth-order valence-electron chi connectivity index (χ4n) is 6.26. The maximum Gasteiger partial charge on any atom is 0.509 e. The molecule has 45 heavy (non-hydrogen) atoms. The summed E-state index contributed by atoms with van der Waals surface area (Å²) in [6.45, 7) is 3.45. The van der Waals surface area contributed by atoms with Crippen molar-refractivity contribution in [1.29, 1.82) is 0 Å². The van der Waals surface area contributed by atoms with Crippen molar-refractivity contribution in [3.8, 4) is 22.5 Å². The first kappa shape index (κ1) is 29.9. The molecule has 0 saturated heterocycles. The second kappa shape index (κ2) is 12.5. The van der Waals surface area contributed by atoms with Gasteiger partial charge in [0.1, 0.15) is 11.9 Å². The number of esters is 1. The Morgan fingerprint density at radius 3 is 2.40 bits per heavy atom. The van der Waals surface area contributed by atoms with Crippen molar-refractivity contribution in [2.24, 2.45) is 5.92 Å². The van der Waals surface area contributed by atoms with Crippen molar-refractivity contribution >= 4 is 23.2 Å². The van der Waals surface area contributed by atoms with Gasteiger partial charge in [0, 0.05) is 24.9 Å². The summed E-state index contributed by atoms with van der Waals surface area (Å²) < 4.78 is 12.9. The van der Waals surface area contributed by atoms with Crippen LogP contribution in [0.4, 0.5) is 4.79 Å². The minimum atomic E-state index is -1.64. The number of carbonyl (C=O) groups is 2. The Kier molecular flexibility index (Phi) is 8.31. The van der Waals surface area contributed by atoms with Crippen LogP contribution in [-0.4, -0.2) is 58.3 Å². The Bertz CT molecular complexity index is 1810. The van der Waals surface area contributed by atoms with E-state index in [4.69, 9.17) is 9.47 Å². The number of ether oxygens (including phenoxy) is 2. The van der Waals surface area contributed by atoms with E-state index in [1.165, 1.54) is 6.92 Å². The quantitative estimate of drug-likeness (QED) is 0.130. The minimum Gasteiger partial charge on any atom is -0.450 e. The van der Waals surface area contributed by atoms with Crippen molar-refractivity contribution in [1.82, 2.24) is 30.2 Å². The zero-order chi connectivity index (χ0) is 31.6. The molecule has 5 aromatic rings. The highest BCUT2D eigenvalue weighted by Crippen LogP contribution is 2.37. The molecule has 2 aromatic heterocycles. The van der Waals surface area contributed by atoms with Crippen LogP contribution in [0, 0.1) is 5.92 Å². The molecule has 2 unspecified atom stereocenters. The number of H-pyrrole nitrogens is 1. The highest BCUT2D eigenvalue weighted by atomic mass is 16.8. The lowest BCUT2D eigenvalue weighted by molar-refractivity contribution is -0.201. The zero-order valence-electron chi connectivity index (χ0n) is 25.0. The predicted octanol–water partition coefficient (Wildman–Crippen LogP) is 6.13. The summed E-state index contributed by atoms with van der Waals surface area (Å²) in [5.74, 6) is -1.67. The van der Waals surface area contributed by atoms with Crippen LogP contribution in [-0.2, 0) is 16.0 Å². The van der Waals surface area contributed by atoms with Gasteiger partial charge in [-0.3, -0.25) is 0 Å². The Morgan fingerprint density at radius 1 is 1.00 bits per heavy atom. The number of aliphatic hydroxyl groups is 1. The third-order valence-electron chi connectivity index (χ3n) is 8.46. The van der Waals surface area contributed by atoms with Gasteiger partial charge < -0.3 is 24.3 Å².